The Balaban J connectivity index is 1.63. The van der Waals surface area contributed by atoms with Crippen molar-refractivity contribution in [1.29, 1.82) is 0 Å². The van der Waals surface area contributed by atoms with Crippen molar-refractivity contribution in [3.05, 3.63) is 29.0 Å². The van der Waals surface area contributed by atoms with Gasteiger partial charge in [-0.05, 0) is 45.7 Å². The molecule has 1 fully saturated rings. The number of pyridine rings is 2. The van der Waals surface area contributed by atoms with Gasteiger partial charge in [0.1, 0.15) is 16.3 Å². The minimum atomic E-state index is -0.532. The maximum atomic E-state index is 13.2. The Hall–Kier alpha value is -2.61. The van der Waals surface area contributed by atoms with Crippen LogP contribution in [0.25, 0.3) is 11.0 Å². The number of halogens is 1. The number of carbonyl (C=O) groups excluding carboxylic acids is 2. The van der Waals surface area contributed by atoms with E-state index in [-0.39, 0.29) is 18.2 Å². The van der Waals surface area contributed by atoms with Gasteiger partial charge in [-0.25, -0.2) is 14.6 Å². The van der Waals surface area contributed by atoms with Gasteiger partial charge in [0, 0.05) is 37.9 Å². The van der Waals surface area contributed by atoms with E-state index in [1.165, 1.54) is 0 Å². The molecule has 1 saturated heterocycles. The van der Waals surface area contributed by atoms with E-state index >= 15 is 0 Å². The number of carbonyl (C=O) groups is 2. The molecule has 0 aliphatic carbocycles. The monoisotopic (exact) mass is 431 g/mol. The second-order valence-corrected chi connectivity index (χ2v) is 9.23. The van der Waals surface area contributed by atoms with Crippen LogP contribution in [-0.2, 0) is 11.3 Å². The van der Waals surface area contributed by atoms with E-state index in [9.17, 15) is 9.59 Å². The van der Waals surface area contributed by atoms with Gasteiger partial charge in [0.25, 0.3) is 0 Å². The molecule has 0 radical (unpaired) electrons. The van der Waals surface area contributed by atoms with Crippen molar-refractivity contribution in [2.24, 2.45) is 0 Å². The third-order valence-electron chi connectivity index (χ3n) is 5.39. The number of hydrogen-bond donors (Lipinski definition) is 0. The van der Waals surface area contributed by atoms with Crippen LogP contribution in [0.1, 0.15) is 39.2 Å². The summed E-state index contributed by atoms with van der Waals surface area (Å²) in [6, 6.07) is 3.39. The van der Waals surface area contributed by atoms with E-state index in [0.29, 0.717) is 48.7 Å². The van der Waals surface area contributed by atoms with Crippen LogP contribution in [0.15, 0.2) is 18.3 Å². The lowest BCUT2D eigenvalue weighted by Gasteiger charge is -2.43. The molecule has 30 heavy (non-hydrogen) atoms. The molecule has 4 rings (SSSR count). The van der Waals surface area contributed by atoms with E-state index in [1.54, 1.807) is 29.1 Å². The number of aromatic nitrogens is 2. The first-order valence-electron chi connectivity index (χ1n) is 10.1. The Labute approximate surface area is 180 Å². The first kappa shape index (κ1) is 20.7. The molecular weight excluding hydrogens is 406 g/mol. The zero-order valence-corrected chi connectivity index (χ0v) is 18.4. The first-order valence-corrected chi connectivity index (χ1v) is 10.5. The Bertz CT molecular complexity index is 998. The predicted octanol–water partition coefficient (Wildman–Crippen LogP) is 4.05. The largest absolute Gasteiger partial charge is 0.444 e. The summed E-state index contributed by atoms with van der Waals surface area (Å²) in [6.45, 7) is 7.09. The van der Waals surface area contributed by atoms with Crippen molar-refractivity contribution >= 4 is 40.4 Å². The highest BCUT2D eigenvalue weighted by Gasteiger charge is 2.38. The van der Waals surface area contributed by atoms with E-state index in [2.05, 4.69) is 9.97 Å². The lowest BCUT2D eigenvalue weighted by Crippen LogP contribution is -2.54. The molecule has 0 N–H and O–H groups in total. The summed E-state index contributed by atoms with van der Waals surface area (Å²) in [4.78, 5) is 39.8. The third-order valence-corrected chi connectivity index (χ3v) is 5.60. The van der Waals surface area contributed by atoms with E-state index in [4.69, 9.17) is 16.3 Å². The van der Waals surface area contributed by atoms with Gasteiger partial charge in [0.15, 0.2) is 0 Å². The van der Waals surface area contributed by atoms with Crippen LogP contribution in [0, 0.1) is 0 Å². The second-order valence-electron chi connectivity index (χ2n) is 8.84. The molecule has 2 aromatic heterocycles. The van der Waals surface area contributed by atoms with Crippen molar-refractivity contribution in [2.45, 2.75) is 51.8 Å². The minimum absolute atomic E-state index is 0.0518. The van der Waals surface area contributed by atoms with Crippen LogP contribution in [0.5, 0.6) is 0 Å². The normalized spacial score (nSPS) is 18.0. The molecule has 160 valence electrons. The van der Waals surface area contributed by atoms with Crippen molar-refractivity contribution in [2.75, 3.05) is 25.0 Å². The number of fused-ring (bicyclic) bond motifs is 3. The van der Waals surface area contributed by atoms with Crippen molar-refractivity contribution in [3.8, 4) is 0 Å². The van der Waals surface area contributed by atoms with E-state index < -0.39 is 5.60 Å². The summed E-state index contributed by atoms with van der Waals surface area (Å²) < 4.78 is 5.49. The molecule has 4 heterocycles. The number of nitrogens with zero attached hydrogens (tertiary/aromatic N) is 5. The number of urea groups is 1. The summed E-state index contributed by atoms with van der Waals surface area (Å²) >= 11 is 6.16. The maximum absolute atomic E-state index is 13.2. The molecule has 0 unspecified atom stereocenters. The lowest BCUT2D eigenvalue weighted by atomic mass is 10.00. The lowest BCUT2D eigenvalue weighted by molar-refractivity contribution is 0.0205. The zero-order chi connectivity index (χ0) is 21.6. The maximum Gasteiger partial charge on any atom is 0.410 e. The Morgan fingerprint density at radius 3 is 2.60 bits per heavy atom. The number of piperidine rings is 1. The molecule has 8 nitrogen and oxygen atoms in total. The molecule has 0 aromatic carbocycles. The van der Waals surface area contributed by atoms with Crippen molar-refractivity contribution < 1.29 is 14.3 Å². The summed E-state index contributed by atoms with van der Waals surface area (Å²) in [5.41, 5.74) is 2.52. The smallest absolute Gasteiger partial charge is 0.410 e. The van der Waals surface area contributed by atoms with Crippen LogP contribution >= 0.6 is 11.6 Å². The van der Waals surface area contributed by atoms with Crippen LogP contribution in [-0.4, -0.2) is 63.7 Å². The Morgan fingerprint density at radius 1 is 1.23 bits per heavy atom. The van der Waals surface area contributed by atoms with Crippen molar-refractivity contribution in [3.63, 3.8) is 0 Å². The van der Waals surface area contributed by atoms with Gasteiger partial charge in [0.2, 0.25) is 0 Å². The SMILES string of the molecule is CN1Cc2cnc3ccc(Cl)nc3c2N(C2CCN(C(=O)OC(C)(C)C)CC2)C1=O. The average molecular weight is 432 g/mol. The fraction of sp³-hybridized carbons (Fsp3) is 0.524. The summed E-state index contributed by atoms with van der Waals surface area (Å²) in [5, 5.41) is 0.365. The van der Waals surface area contributed by atoms with E-state index in [0.717, 1.165) is 11.3 Å². The average Bonchev–Trinajstić information content (AvgIpc) is 2.68. The van der Waals surface area contributed by atoms with Crippen LogP contribution in [0.4, 0.5) is 15.3 Å². The molecule has 2 aliphatic heterocycles. The van der Waals surface area contributed by atoms with Crippen molar-refractivity contribution in [1.82, 2.24) is 19.8 Å². The zero-order valence-electron chi connectivity index (χ0n) is 17.7. The summed E-state index contributed by atoms with van der Waals surface area (Å²) in [5.74, 6) is 0. The van der Waals surface area contributed by atoms with Crippen LogP contribution < -0.4 is 4.90 Å². The van der Waals surface area contributed by atoms with Gasteiger partial charge in [-0.15, -0.1) is 0 Å². The molecule has 0 atom stereocenters. The van der Waals surface area contributed by atoms with Crippen LogP contribution in [0.3, 0.4) is 0 Å². The molecule has 9 heteroatoms. The standard InChI is InChI=1S/C21H26ClN5O3/c1-21(2,3)30-20(29)26-9-7-14(8-10-26)27-18-13(12-25(4)19(27)28)11-23-15-5-6-16(22)24-17(15)18/h5-6,11,14H,7-10,12H2,1-4H3. The quantitative estimate of drug-likeness (QED) is 0.636. The molecule has 3 amide bonds. The molecule has 2 aromatic rings. The second kappa shape index (κ2) is 7.58. The van der Waals surface area contributed by atoms with Gasteiger partial charge >= 0.3 is 12.1 Å². The van der Waals surface area contributed by atoms with Gasteiger partial charge < -0.3 is 14.5 Å². The van der Waals surface area contributed by atoms with Gasteiger partial charge in [0.05, 0.1) is 17.7 Å². The fourth-order valence-electron chi connectivity index (χ4n) is 4.03. The fourth-order valence-corrected chi connectivity index (χ4v) is 4.17. The molecule has 0 saturated carbocycles. The number of amides is 3. The molecular formula is C21H26ClN5O3. The molecule has 2 aliphatic rings. The third kappa shape index (κ3) is 3.88. The highest BCUT2D eigenvalue weighted by molar-refractivity contribution is 6.30. The number of hydrogen-bond acceptors (Lipinski definition) is 5. The van der Waals surface area contributed by atoms with Gasteiger partial charge in [-0.2, -0.15) is 0 Å². The molecule has 0 bridgehead atoms. The Kier molecular flexibility index (Phi) is 5.22. The first-order chi connectivity index (χ1) is 14.1. The highest BCUT2D eigenvalue weighted by atomic mass is 35.5. The van der Waals surface area contributed by atoms with Crippen LogP contribution in [0.2, 0.25) is 5.15 Å². The summed E-state index contributed by atoms with van der Waals surface area (Å²) in [6.07, 6.45) is 2.80. The van der Waals surface area contributed by atoms with Gasteiger partial charge in [-0.3, -0.25) is 9.88 Å². The number of rotatable bonds is 1. The molecule has 0 spiro atoms. The Morgan fingerprint density at radius 2 is 1.93 bits per heavy atom. The number of anilines is 1. The van der Waals surface area contributed by atoms with Gasteiger partial charge in [-0.1, -0.05) is 11.6 Å². The summed E-state index contributed by atoms with van der Waals surface area (Å²) in [7, 11) is 1.78. The minimum Gasteiger partial charge on any atom is -0.444 e. The van der Waals surface area contributed by atoms with E-state index in [1.807, 2.05) is 31.7 Å². The predicted molar refractivity (Wildman–Crippen MR) is 115 cm³/mol. The number of ether oxygens (including phenoxy) is 1. The highest BCUT2D eigenvalue weighted by Crippen LogP contribution is 2.37. The number of likely N-dealkylation sites (tertiary alicyclic amines) is 1. The topological polar surface area (TPSA) is 78.9 Å².